The van der Waals surface area contributed by atoms with Crippen molar-refractivity contribution in [2.75, 3.05) is 7.05 Å². The van der Waals surface area contributed by atoms with Gasteiger partial charge in [0.2, 0.25) is 5.91 Å². The monoisotopic (exact) mass is 521 g/mol. The van der Waals surface area contributed by atoms with Crippen molar-refractivity contribution in [2.24, 2.45) is 5.92 Å². The molecule has 0 aliphatic carbocycles. The Morgan fingerprint density at radius 1 is 1.08 bits per heavy atom. The molecule has 0 radical (unpaired) electrons. The van der Waals surface area contributed by atoms with Gasteiger partial charge in [0.15, 0.2) is 0 Å². The van der Waals surface area contributed by atoms with E-state index in [1.165, 1.54) is 0 Å². The number of nitrogens with zero attached hydrogens (tertiary/aromatic N) is 3. The average molecular weight is 522 g/mol. The molecule has 7 heteroatoms. The van der Waals surface area contributed by atoms with Crippen molar-refractivity contribution in [3.05, 3.63) is 77.4 Å². The van der Waals surface area contributed by atoms with E-state index >= 15 is 0 Å². The van der Waals surface area contributed by atoms with Crippen LogP contribution in [-0.4, -0.2) is 43.7 Å². The lowest BCUT2D eigenvalue weighted by atomic mass is 9.99. The number of carboxylic acids is 1. The van der Waals surface area contributed by atoms with Gasteiger partial charge in [-0.05, 0) is 47.9 Å². The van der Waals surface area contributed by atoms with Gasteiger partial charge in [0.25, 0.3) is 0 Å². The number of hydrogen-bond acceptors (Lipinski definition) is 4. The lowest BCUT2D eigenvalue weighted by Crippen LogP contribution is -2.33. The molecule has 1 atom stereocenters. The molecular formula is C30H39N3O3S. The first-order chi connectivity index (χ1) is 17.7. The number of unbranched alkanes of at least 4 members (excludes halogenated alkanes) is 1. The Bertz CT molecular complexity index is 1190. The summed E-state index contributed by atoms with van der Waals surface area (Å²) < 4.78 is 2.17. The summed E-state index contributed by atoms with van der Waals surface area (Å²) in [7, 11) is 1.82. The molecule has 0 spiro atoms. The Kier molecular flexibility index (Phi) is 10.4. The van der Waals surface area contributed by atoms with Gasteiger partial charge in [-0.1, -0.05) is 69.7 Å². The molecule has 198 valence electrons. The molecule has 6 nitrogen and oxygen atoms in total. The maximum absolute atomic E-state index is 12.8. The molecule has 1 heterocycles. The van der Waals surface area contributed by atoms with Crippen molar-refractivity contribution in [3.63, 3.8) is 0 Å². The Balaban J connectivity index is 1.75. The van der Waals surface area contributed by atoms with E-state index in [0.717, 1.165) is 54.7 Å². The normalized spacial score (nSPS) is 12.1. The molecule has 1 amide bonds. The van der Waals surface area contributed by atoms with Crippen LogP contribution in [0.2, 0.25) is 0 Å². The van der Waals surface area contributed by atoms with Gasteiger partial charge in [-0.2, -0.15) is 12.6 Å². The van der Waals surface area contributed by atoms with Crippen LogP contribution >= 0.6 is 12.6 Å². The molecule has 37 heavy (non-hydrogen) atoms. The Morgan fingerprint density at radius 2 is 1.78 bits per heavy atom. The van der Waals surface area contributed by atoms with Gasteiger partial charge < -0.3 is 14.6 Å². The number of benzene rings is 2. The van der Waals surface area contributed by atoms with Crippen molar-refractivity contribution in [3.8, 4) is 11.1 Å². The number of hydrogen-bond donors (Lipinski definition) is 2. The van der Waals surface area contributed by atoms with E-state index in [2.05, 4.69) is 38.0 Å². The zero-order valence-corrected chi connectivity index (χ0v) is 23.2. The largest absolute Gasteiger partial charge is 0.478 e. The van der Waals surface area contributed by atoms with Crippen LogP contribution in [-0.2, 0) is 24.3 Å². The second kappa shape index (κ2) is 13.5. The van der Waals surface area contributed by atoms with E-state index in [0.29, 0.717) is 30.1 Å². The number of thiol groups is 1. The lowest BCUT2D eigenvalue weighted by Gasteiger charge is -2.20. The van der Waals surface area contributed by atoms with E-state index in [9.17, 15) is 14.7 Å². The summed E-state index contributed by atoms with van der Waals surface area (Å²) in [4.78, 5) is 31.0. The average Bonchev–Trinajstić information content (AvgIpc) is 3.26. The summed E-state index contributed by atoms with van der Waals surface area (Å²) >= 11 is 4.55. The molecule has 0 bridgehead atoms. The van der Waals surface area contributed by atoms with E-state index in [4.69, 9.17) is 4.98 Å². The molecule has 3 aromatic rings. The first-order valence-electron chi connectivity index (χ1n) is 13.1. The maximum Gasteiger partial charge on any atom is 0.336 e. The van der Waals surface area contributed by atoms with Gasteiger partial charge in [-0.25, -0.2) is 9.78 Å². The molecule has 0 saturated heterocycles. The molecule has 0 aliphatic rings. The fourth-order valence-electron chi connectivity index (χ4n) is 4.36. The SMILES string of the molecule is CCCCc1nc(CN(C)C(=O)C(S)CCC(C)C)cn1Cc1ccc(-c2ccccc2C(=O)O)cc1. The second-order valence-electron chi connectivity index (χ2n) is 10.1. The first-order valence-corrected chi connectivity index (χ1v) is 13.6. The number of imidazole rings is 1. The van der Waals surface area contributed by atoms with Gasteiger partial charge >= 0.3 is 5.97 Å². The predicted molar refractivity (Wildman–Crippen MR) is 152 cm³/mol. The third-order valence-electron chi connectivity index (χ3n) is 6.52. The minimum Gasteiger partial charge on any atom is -0.478 e. The van der Waals surface area contributed by atoms with Gasteiger partial charge in [-0.3, -0.25) is 4.79 Å². The highest BCUT2D eigenvalue weighted by Gasteiger charge is 2.20. The van der Waals surface area contributed by atoms with E-state index in [1.54, 1.807) is 17.0 Å². The number of amides is 1. The smallest absolute Gasteiger partial charge is 0.336 e. The molecule has 1 aromatic heterocycles. The number of carbonyl (C=O) groups is 2. The van der Waals surface area contributed by atoms with Gasteiger partial charge in [-0.15, -0.1) is 0 Å². The summed E-state index contributed by atoms with van der Waals surface area (Å²) in [6, 6.07) is 15.1. The molecule has 1 N–H and O–H groups in total. The van der Waals surface area contributed by atoms with Crippen molar-refractivity contribution >= 4 is 24.5 Å². The zero-order chi connectivity index (χ0) is 26.9. The summed E-state index contributed by atoms with van der Waals surface area (Å²) in [5.41, 5.74) is 3.85. The summed E-state index contributed by atoms with van der Waals surface area (Å²) in [6.07, 6.45) is 6.79. The highest BCUT2D eigenvalue weighted by Crippen LogP contribution is 2.25. The van der Waals surface area contributed by atoms with Gasteiger partial charge in [0, 0.05) is 26.2 Å². The zero-order valence-electron chi connectivity index (χ0n) is 22.4. The molecule has 0 saturated carbocycles. The molecule has 1 unspecified atom stereocenters. The van der Waals surface area contributed by atoms with E-state index < -0.39 is 5.97 Å². The summed E-state index contributed by atoms with van der Waals surface area (Å²) in [5.74, 6) is 0.662. The molecule has 3 rings (SSSR count). The maximum atomic E-state index is 12.8. The third-order valence-corrected chi connectivity index (χ3v) is 7.00. The number of aromatic nitrogens is 2. The molecule has 0 fully saturated rings. The van der Waals surface area contributed by atoms with Crippen LogP contribution in [0.4, 0.5) is 0 Å². The fourth-order valence-corrected chi connectivity index (χ4v) is 4.70. The van der Waals surface area contributed by atoms with Crippen LogP contribution in [0.1, 0.15) is 73.9 Å². The predicted octanol–water partition coefficient (Wildman–Crippen LogP) is 6.33. The van der Waals surface area contributed by atoms with Crippen LogP contribution < -0.4 is 0 Å². The van der Waals surface area contributed by atoms with Crippen LogP contribution in [0.3, 0.4) is 0 Å². The number of aryl methyl sites for hydroxylation is 1. The number of aromatic carboxylic acids is 1. The van der Waals surface area contributed by atoms with Crippen molar-refractivity contribution in [1.82, 2.24) is 14.5 Å². The lowest BCUT2D eigenvalue weighted by molar-refractivity contribution is -0.130. The third kappa shape index (κ3) is 7.96. The standard InChI is InChI=1S/C30H39N3O3S/c1-5-6-11-28-31-24(19-32(4)29(34)27(37)17-12-21(2)3)20-33(28)18-22-13-15-23(16-14-22)25-9-7-8-10-26(25)30(35)36/h7-10,13-16,20-21,27,37H,5-6,11-12,17-19H2,1-4H3,(H,35,36). The van der Waals surface area contributed by atoms with Crippen LogP contribution in [0.15, 0.2) is 54.7 Å². The van der Waals surface area contributed by atoms with Gasteiger partial charge in [0.1, 0.15) is 5.82 Å². The minimum atomic E-state index is -0.932. The topological polar surface area (TPSA) is 75.4 Å². The highest BCUT2D eigenvalue weighted by atomic mass is 32.1. The Morgan fingerprint density at radius 3 is 2.43 bits per heavy atom. The quantitative estimate of drug-likeness (QED) is 0.258. The number of carbonyl (C=O) groups excluding carboxylic acids is 1. The van der Waals surface area contributed by atoms with Crippen molar-refractivity contribution in [2.45, 2.75) is 71.2 Å². The fraction of sp³-hybridized carbons (Fsp3) is 0.433. The van der Waals surface area contributed by atoms with E-state index in [-0.39, 0.29) is 11.2 Å². The molecular weight excluding hydrogens is 482 g/mol. The molecule has 2 aromatic carbocycles. The van der Waals surface area contributed by atoms with E-state index in [1.807, 2.05) is 49.6 Å². The highest BCUT2D eigenvalue weighted by molar-refractivity contribution is 7.81. The Labute approximate surface area is 226 Å². The Hall–Kier alpha value is -3.06. The second-order valence-corrected chi connectivity index (χ2v) is 10.7. The van der Waals surface area contributed by atoms with Crippen LogP contribution in [0.25, 0.3) is 11.1 Å². The number of carboxylic acid groups (broad SMARTS) is 1. The van der Waals surface area contributed by atoms with Crippen molar-refractivity contribution in [1.29, 1.82) is 0 Å². The first kappa shape index (κ1) is 28.5. The summed E-state index contributed by atoms with van der Waals surface area (Å²) in [6.45, 7) is 7.59. The van der Waals surface area contributed by atoms with Crippen molar-refractivity contribution < 1.29 is 14.7 Å². The molecule has 0 aliphatic heterocycles. The number of rotatable bonds is 13. The van der Waals surface area contributed by atoms with Crippen LogP contribution in [0.5, 0.6) is 0 Å². The summed E-state index contributed by atoms with van der Waals surface area (Å²) in [5, 5.41) is 9.22. The van der Waals surface area contributed by atoms with Crippen LogP contribution in [0, 0.1) is 5.92 Å². The minimum absolute atomic E-state index is 0.0332. The van der Waals surface area contributed by atoms with Gasteiger partial charge in [0.05, 0.1) is 23.1 Å².